The fraction of sp³-hybridized carbons (Fsp3) is 0.471. The molecule has 2 N–H and O–H groups in total. The van der Waals surface area contributed by atoms with E-state index in [1.165, 1.54) is 6.07 Å². The molecule has 0 saturated heterocycles. The summed E-state index contributed by atoms with van der Waals surface area (Å²) in [6.07, 6.45) is 0.668. The summed E-state index contributed by atoms with van der Waals surface area (Å²) in [5.74, 6) is 0.107. The minimum Gasteiger partial charge on any atom is -0.435 e. The Hall–Kier alpha value is -1.95. The van der Waals surface area contributed by atoms with E-state index in [9.17, 15) is 8.78 Å². The fourth-order valence-corrected chi connectivity index (χ4v) is 2.39. The molecule has 4 nitrogen and oxygen atoms in total. The number of nitrogens with zero attached hydrogens (tertiary/aromatic N) is 1. The van der Waals surface area contributed by atoms with Crippen molar-refractivity contribution in [2.75, 3.05) is 18.5 Å². The third-order valence-electron chi connectivity index (χ3n) is 3.68. The lowest BCUT2D eigenvalue weighted by molar-refractivity contribution is -0.0497. The molecule has 0 saturated carbocycles. The summed E-state index contributed by atoms with van der Waals surface area (Å²) in [5, 5.41) is 13.2. The third-order valence-corrected chi connectivity index (χ3v) is 3.68. The molecular weight excluding hydrogens is 302 g/mol. The molecule has 6 heteroatoms. The number of benzene rings is 1. The minimum atomic E-state index is -2.86. The summed E-state index contributed by atoms with van der Waals surface area (Å²) < 4.78 is 29.3. The third kappa shape index (κ3) is 4.76. The van der Waals surface area contributed by atoms with Crippen LogP contribution in [0, 0.1) is 12.3 Å². The smallest absolute Gasteiger partial charge is 0.387 e. The van der Waals surface area contributed by atoms with Gasteiger partial charge in [0.15, 0.2) is 0 Å². The maximum Gasteiger partial charge on any atom is 0.387 e. The van der Waals surface area contributed by atoms with Crippen molar-refractivity contribution in [1.82, 2.24) is 4.98 Å². The van der Waals surface area contributed by atoms with Gasteiger partial charge in [0.1, 0.15) is 5.75 Å². The molecule has 2 aromatic rings. The molecule has 0 amide bonds. The molecule has 1 aromatic heterocycles. The van der Waals surface area contributed by atoms with E-state index >= 15 is 0 Å². The van der Waals surface area contributed by atoms with E-state index in [2.05, 4.69) is 28.9 Å². The van der Waals surface area contributed by atoms with Crippen molar-refractivity contribution in [1.29, 1.82) is 0 Å². The molecule has 0 fully saturated rings. The normalized spacial score (nSPS) is 12.0. The second-order valence-electron chi connectivity index (χ2n) is 6.36. The molecule has 23 heavy (non-hydrogen) atoms. The molecule has 126 valence electrons. The number of pyridine rings is 1. The van der Waals surface area contributed by atoms with Crippen molar-refractivity contribution < 1.29 is 18.6 Å². The highest BCUT2D eigenvalue weighted by Gasteiger charge is 2.17. The number of rotatable bonds is 7. The molecule has 1 aromatic carbocycles. The summed E-state index contributed by atoms with van der Waals surface area (Å²) in [6.45, 7) is 3.90. The standard InChI is InChI=1S/C17H22F2N2O2/c1-11-8-15(20-10-17(2,3)6-7-22)13-9-12(23-16(18)19)4-5-14(13)21-11/h4-5,8-9,16,22H,6-7,10H2,1-3H3,(H,20,21). The molecule has 0 aliphatic carbocycles. The second-order valence-corrected chi connectivity index (χ2v) is 6.36. The number of alkyl halides is 2. The van der Waals surface area contributed by atoms with Gasteiger partial charge >= 0.3 is 6.61 Å². The molecule has 0 aliphatic rings. The first-order valence-corrected chi connectivity index (χ1v) is 7.52. The van der Waals surface area contributed by atoms with Gasteiger partial charge in [0.2, 0.25) is 0 Å². The number of aliphatic hydroxyl groups is 1. The second kappa shape index (κ2) is 7.08. The Morgan fingerprint density at radius 3 is 2.70 bits per heavy atom. The van der Waals surface area contributed by atoms with Crippen LogP contribution in [0.15, 0.2) is 24.3 Å². The average molecular weight is 324 g/mol. The number of aryl methyl sites for hydroxylation is 1. The van der Waals surface area contributed by atoms with E-state index in [-0.39, 0.29) is 17.8 Å². The molecule has 0 radical (unpaired) electrons. The highest BCUT2D eigenvalue weighted by atomic mass is 19.3. The van der Waals surface area contributed by atoms with Crippen molar-refractivity contribution in [2.45, 2.75) is 33.8 Å². The topological polar surface area (TPSA) is 54.4 Å². The molecular formula is C17H22F2N2O2. The first-order chi connectivity index (χ1) is 10.8. The largest absolute Gasteiger partial charge is 0.435 e. The minimum absolute atomic E-state index is 0.0880. The lowest BCUT2D eigenvalue weighted by Gasteiger charge is -2.25. The zero-order valence-corrected chi connectivity index (χ0v) is 13.6. The predicted molar refractivity (Wildman–Crippen MR) is 87.1 cm³/mol. The van der Waals surface area contributed by atoms with E-state index in [1.54, 1.807) is 12.1 Å². The van der Waals surface area contributed by atoms with Gasteiger partial charge in [-0.15, -0.1) is 0 Å². The monoisotopic (exact) mass is 324 g/mol. The number of aliphatic hydroxyl groups excluding tert-OH is 1. The molecule has 1 heterocycles. The average Bonchev–Trinajstić information content (AvgIpc) is 2.44. The van der Waals surface area contributed by atoms with E-state index in [4.69, 9.17) is 5.11 Å². The van der Waals surface area contributed by atoms with Gasteiger partial charge < -0.3 is 15.2 Å². The first-order valence-electron chi connectivity index (χ1n) is 7.52. The lowest BCUT2D eigenvalue weighted by atomic mass is 9.89. The summed E-state index contributed by atoms with van der Waals surface area (Å²) in [4.78, 5) is 4.41. The van der Waals surface area contributed by atoms with Crippen molar-refractivity contribution in [3.05, 3.63) is 30.0 Å². The molecule has 0 spiro atoms. The van der Waals surface area contributed by atoms with Gasteiger partial charge in [-0.25, -0.2) is 0 Å². The highest BCUT2D eigenvalue weighted by Crippen LogP contribution is 2.29. The van der Waals surface area contributed by atoms with Crippen molar-refractivity contribution in [2.24, 2.45) is 5.41 Å². The zero-order valence-electron chi connectivity index (χ0n) is 13.6. The van der Waals surface area contributed by atoms with Crippen molar-refractivity contribution in [3.63, 3.8) is 0 Å². The highest BCUT2D eigenvalue weighted by molar-refractivity contribution is 5.92. The Labute approximate surface area is 134 Å². The lowest BCUT2D eigenvalue weighted by Crippen LogP contribution is -2.24. The Kier molecular flexibility index (Phi) is 5.36. The van der Waals surface area contributed by atoms with Gasteiger partial charge in [-0.05, 0) is 43.0 Å². The summed E-state index contributed by atoms with van der Waals surface area (Å²) in [7, 11) is 0. The summed E-state index contributed by atoms with van der Waals surface area (Å²) in [6, 6.07) is 6.60. The van der Waals surface area contributed by atoms with Crippen LogP contribution in [0.5, 0.6) is 5.75 Å². The number of aromatic nitrogens is 1. The Morgan fingerprint density at radius 2 is 2.04 bits per heavy atom. The van der Waals surface area contributed by atoms with Crippen LogP contribution in [0.3, 0.4) is 0 Å². The SMILES string of the molecule is Cc1cc(NCC(C)(C)CCO)c2cc(OC(F)F)ccc2n1. The van der Waals surface area contributed by atoms with E-state index in [0.717, 1.165) is 16.8 Å². The van der Waals surface area contributed by atoms with Gasteiger partial charge in [-0.3, -0.25) is 4.98 Å². The van der Waals surface area contributed by atoms with Crippen LogP contribution in [-0.4, -0.2) is 29.9 Å². The van der Waals surface area contributed by atoms with Crippen LogP contribution >= 0.6 is 0 Å². The summed E-state index contributed by atoms with van der Waals surface area (Å²) in [5.41, 5.74) is 2.28. The van der Waals surface area contributed by atoms with E-state index in [0.29, 0.717) is 18.5 Å². The number of halogens is 2. The Bertz CT molecular complexity index is 675. The van der Waals surface area contributed by atoms with Gasteiger partial charge in [0.25, 0.3) is 0 Å². The molecule has 0 aliphatic heterocycles. The zero-order chi connectivity index (χ0) is 17.0. The van der Waals surface area contributed by atoms with Gasteiger partial charge in [0.05, 0.1) is 5.52 Å². The van der Waals surface area contributed by atoms with Crippen LogP contribution in [0.25, 0.3) is 10.9 Å². The number of anilines is 1. The van der Waals surface area contributed by atoms with E-state index in [1.807, 2.05) is 13.0 Å². The molecule has 0 atom stereocenters. The predicted octanol–water partition coefficient (Wildman–Crippen LogP) is 3.97. The van der Waals surface area contributed by atoms with Crippen LogP contribution < -0.4 is 10.1 Å². The van der Waals surface area contributed by atoms with Crippen molar-refractivity contribution >= 4 is 16.6 Å². The van der Waals surface area contributed by atoms with Crippen LogP contribution in [0.2, 0.25) is 0 Å². The number of fused-ring (bicyclic) bond motifs is 1. The molecule has 0 unspecified atom stereocenters. The summed E-state index contributed by atoms with van der Waals surface area (Å²) >= 11 is 0. The molecule has 0 bridgehead atoms. The number of nitrogens with one attached hydrogen (secondary N) is 1. The van der Waals surface area contributed by atoms with Crippen LogP contribution in [0.4, 0.5) is 14.5 Å². The van der Waals surface area contributed by atoms with Crippen molar-refractivity contribution in [3.8, 4) is 5.75 Å². The first kappa shape index (κ1) is 17.4. The van der Waals surface area contributed by atoms with Gasteiger partial charge in [-0.2, -0.15) is 8.78 Å². The number of ether oxygens (including phenoxy) is 1. The quantitative estimate of drug-likeness (QED) is 0.809. The maximum atomic E-state index is 12.4. The maximum absolute atomic E-state index is 12.4. The Morgan fingerprint density at radius 1 is 1.30 bits per heavy atom. The molecule has 2 rings (SSSR count). The van der Waals surface area contributed by atoms with Gasteiger partial charge in [0, 0.05) is 29.9 Å². The fourth-order valence-electron chi connectivity index (χ4n) is 2.39. The number of hydrogen-bond donors (Lipinski definition) is 2. The van der Waals surface area contributed by atoms with E-state index < -0.39 is 6.61 Å². The van der Waals surface area contributed by atoms with Gasteiger partial charge in [-0.1, -0.05) is 13.8 Å². The van der Waals surface area contributed by atoms with Crippen LogP contribution in [0.1, 0.15) is 26.0 Å². The Balaban J connectivity index is 2.33. The number of hydrogen-bond acceptors (Lipinski definition) is 4. The van der Waals surface area contributed by atoms with Crippen LogP contribution in [-0.2, 0) is 0 Å².